The van der Waals surface area contributed by atoms with Crippen LogP contribution in [0.3, 0.4) is 0 Å². The molecule has 3 nitrogen and oxygen atoms in total. The molecule has 2 N–H and O–H groups in total. The number of benzene rings is 1. The first-order valence-corrected chi connectivity index (χ1v) is 5.59. The lowest BCUT2D eigenvalue weighted by Crippen LogP contribution is -2.33. The molecule has 0 bridgehead atoms. The molecule has 0 saturated carbocycles. The molecule has 1 unspecified atom stereocenters. The number of aromatic nitrogens is 1. The van der Waals surface area contributed by atoms with Gasteiger partial charge in [0.1, 0.15) is 0 Å². The summed E-state index contributed by atoms with van der Waals surface area (Å²) in [7, 11) is 0. The van der Waals surface area contributed by atoms with Crippen LogP contribution in [0.25, 0.3) is 10.9 Å². The predicted octanol–water partition coefficient (Wildman–Crippen LogP) is 1.77. The van der Waals surface area contributed by atoms with Gasteiger partial charge in [0.15, 0.2) is 0 Å². The maximum Gasteiger partial charge on any atom is 0.217 e. The molecule has 0 saturated heterocycles. The molecule has 82 valence electrons. The van der Waals surface area contributed by atoms with Gasteiger partial charge in [0.25, 0.3) is 0 Å². The van der Waals surface area contributed by atoms with Crippen LogP contribution >= 0.6 is 0 Å². The van der Waals surface area contributed by atoms with Gasteiger partial charge in [-0.3, -0.25) is 4.79 Å². The first-order chi connectivity index (χ1) is 7.74. The Balaban J connectivity index is 1.96. The predicted molar refractivity (Wildman–Crippen MR) is 63.3 cm³/mol. The van der Waals surface area contributed by atoms with Crippen molar-refractivity contribution < 1.29 is 4.79 Å². The molecule has 3 heteroatoms. The Kier molecular flexibility index (Phi) is 1.99. The van der Waals surface area contributed by atoms with E-state index < -0.39 is 0 Å². The first kappa shape index (κ1) is 9.46. The Labute approximate surface area is 93.9 Å². The third-order valence-corrected chi connectivity index (χ3v) is 3.21. The van der Waals surface area contributed by atoms with Gasteiger partial charge in [-0.1, -0.05) is 18.2 Å². The van der Waals surface area contributed by atoms with E-state index in [1.807, 2.05) is 6.07 Å². The van der Waals surface area contributed by atoms with Gasteiger partial charge in [0.05, 0.1) is 0 Å². The fourth-order valence-corrected chi connectivity index (χ4v) is 2.62. The monoisotopic (exact) mass is 214 g/mol. The van der Waals surface area contributed by atoms with E-state index in [0.29, 0.717) is 0 Å². The molecule has 1 amide bonds. The molecule has 1 aliphatic rings. The van der Waals surface area contributed by atoms with Gasteiger partial charge in [0.2, 0.25) is 5.91 Å². The summed E-state index contributed by atoms with van der Waals surface area (Å²) in [5.74, 6) is 0.0551. The Hall–Kier alpha value is -1.77. The highest BCUT2D eigenvalue weighted by molar-refractivity contribution is 5.85. The minimum absolute atomic E-state index is 0.0551. The van der Waals surface area contributed by atoms with Gasteiger partial charge in [-0.15, -0.1) is 0 Å². The van der Waals surface area contributed by atoms with E-state index in [0.717, 1.165) is 12.8 Å². The van der Waals surface area contributed by atoms with Crippen LogP contribution in [0, 0.1) is 0 Å². The van der Waals surface area contributed by atoms with Crippen molar-refractivity contribution in [3.63, 3.8) is 0 Å². The number of rotatable bonds is 1. The topological polar surface area (TPSA) is 44.9 Å². The average Bonchev–Trinajstić information content (AvgIpc) is 2.73. The van der Waals surface area contributed by atoms with Gasteiger partial charge >= 0.3 is 0 Å². The highest BCUT2D eigenvalue weighted by Gasteiger charge is 2.25. The summed E-state index contributed by atoms with van der Waals surface area (Å²) in [5, 5.41) is 4.28. The molecule has 1 aromatic carbocycles. The Bertz CT molecular complexity index is 556. The molecule has 0 spiro atoms. The Morgan fingerprint density at radius 3 is 3.00 bits per heavy atom. The van der Waals surface area contributed by atoms with Gasteiger partial charge in [-0.25, -0.2) is 0 Å². The van der Waals surface area contributed by atoms with Crippen LogP contribution in [0.1, 0.15) is 18.2 Å². The van der Waals surface area contributed by atoms with E-state index in [4.69, 9.17) is 0 Å². The number of nitrogens with one attached hydrogen (secondary N) is 2. The van der Waals surface area contributed by atoms with Gasteiger partial charge < -0.3 is 10.3 Å². The number of aromatic amines is 1. The molecule has 2 aromatic rings. The van der Waals surface area contributed by atoms with Crippen LogP contribution in [-0.2, 0) is 17.6 Å². The van der Waals surface area contributed by atoms with Crippen molar-refractivity contribution in [1.82, 2.24) is 10.3 Å². The quantitative estimate of drug-likeness (QED) is 0.746. The lowest BCUT2D eigenvalue weighted by atomic mass is 10.1. The highest BCUT2D eigenvalue weighted by atomic mass is 16.1. The van der Waals surface area contributed by atoms with Crippen molar-refractivity contribution in [3.8, 4) is 0 Å². The lowest BCUT2D eigenvalue weighted by molar-refractivity contribution is -0.119. The average molecular weight is 214 g/mol. The molecule has 1 atom stereocenters. The van der Waals surface area contributed by atoms with E-state index in [1.54, 1.807) is 6.92 Å². The zero-order valence-corrected chi connectivity index (χ0v) is 9.21. The minimum atomic E-state index is 0.0551. The highest BCUT2D eigenvalue weighted by Crippen LogP contribution is 2.29. The van der Waals surface area contributed by atoms with Crippen molar-refractivity contribution in [2.24, 2.45) is 0 Å². The Morgan fingerprint density at radius 1 is 1.38 bits per heavy atom. The second kappa shape index (κ2) is 3.37. The molecule has 1 aliphatic carbocycles. The normalized spacial score (nSPS) is 18.7. The van der Waals surface area contributed by atoms with Crippen LogP contribution in [-0.4, -0.2) is 16.9 Å². The smallest absolute Gasteiger partial charge is 0.217 e. The summed E-state index contributed by atoms with van der Waals surface area (Å²) in [6, 6.07) is 8.60. The molecule has 1 heterocycles. The van der Waals surface area contributed by atoms with Crippen LogP contribution in [0.2, 0.25) is 0 Å². The summed E-state index contributed by atoms with van der Waals surface area (Å²) in [6.07, 6.45) is 1.86. The van der Waals surface area contributed by atoms with Crippen molar-refractivity contribution in [2.45, 2.75) is 25.8 Å². The van der Waals surface area contributed by atoms with Crippen molar-refractivity contribution in [2.75, 3.05) is 0 Å². The molecular formula is C13H14N2O. The minimum Gasteiger partial charge on any atom is -0.358 e. The molecule has 0 fully saturated rings. The molecule has 0 radical (unpaired) electrons. The van der Waals surface area contributed by atoms with E-state index >= 15 is 0 Å². The van der Waals surface area contributed by atoms with Gasteiger partial charge in [-0.2, -0.15) is 0 Å². The summed E-state index contributed by atoms with van der Waals surface area (Å²) in [6.45, 7) is 1.57. The second-order valence-electron chi connectivity index (χ2n) is 4.43. The first-order valence-electron chi connectivity index (χ1n) is 5.59. The van der Waals surface area contributed by atoms with E-state index in [-0.39, 0.29) is 11.9 Å². The number of carbonyl (C=O) groups excluding carboxylic acids is 1. The van der Waals surface area contributed by atoms with Crippen LogP contribution in [0.15, 0.2) is 24.3 Å². The number of H-pyrrole nitrogens is 1. The number of amides is 1. The fraction of sp³-hybridized carbons (Fsp3) is 0.308. The van der Waals surface area contributed by atoms with Gasteiger partial charge in [0, 0.05) is 36.0 Å². The van der Waals surface area contributed by atoms with E-state index in [2.05, 4.69) is 28.5 Å². The third-order valence-electron chi connectivity index (χ3n) is 3.21. The zero-order valence-electron chi connectivity index (χ0n) is 9.21. The number of carbonyl (C=O) groups is 1. The maximum atomic E-state index is 11.0. The number of hydrogen-bond acceptors (Lipinski definition) is 1. The summed E-state index contributed by atoms with van der Waals surface area (Å²) < 4.78 is 0. The largest absolute Gasteiger partial charge is 0.358 e. The molecule has 0 aliphatic heterocycles. The van der Waals surface area contributed by atoms with E-state index in [9.17, 15) is 4.79 Å². The molecule has 1 aromatic heterocycles. The van der Waals surface area contributed by atoms with Crippen LogP contribution in [0.4, 0.5) is 0 Å². The molecule has 16 heavy (non-hydrogen) atoms. The van der Waals surface area contributed by atoms with Crippen molar-refractivity contribution >= 4 is 16.8 Å². The Morgan fingerprint density at radius 2 is 2.19 bits per heavy atom. The SMILES string of the molecule is CC(=O)NC1Cc2[nH]c3ccccc3c2C1. The number of hydrogen-bond donors (Lipinski definition) is 2. The second-order valence-corrected chi connectivity index (χ2v) is 4.43. The zero-order chi connectivity index (χ0) is 11.1. The number of fused-ring (bicyclic) bond motifs is 3. The van der Waals surface area contributed by atoms with Crippen molar-refractivity contribution in [3.05, 3.63) is 35.5 Å². The van der Waals surface area contributed by atoms with Gasteiger partial charge in [-0.05, 0) is 18.1 Å². The van der Waals surface area contributed by atoms with Crippen LogP contribution < -0.4 is 5.32 Å². The fourth-order valence-electron chi connectivity index (χ4n) is 2.62. The lowest BCUT2D eigenvalue weighted by Gasteiger charge is -2.09. The summed E-state index contributed by atoms with van der Waals surface area (Å²) >= 11 is 0. The molecular weight excluding hydrogens is 200 g/mol. The van der Waals surface area contributed by atoms with E-state index in [1.165, 1.54) is 22.2 Å². The molecule has 3 rings (SSSR count). The number of para-hydroxylation sites is 1. The summed E-state index contributed by atoms with van der Waals surface area (Å²) in [4.78, 5) is 14.4. The van der Waals surface area contributed by atoms with Crippen molar-refractivity contribution in [1.29, 1.82) is 0 Å². The van der Waals surface area contributed by atoms with Crippen LogP contribution in [0.5, 0.6) is 0 Å². The maximum absolute atomic E-state index is 11.0. The third kappa shape index (κ3) is 1.40. The summed E-state index contributed by atoms with van der Waals surface area (Å²) in [5.41, 5.74) is 3.85. The standard InChI is InChI=1S/C13H14N2O/c1-8(16)14-9-6-11-10-4-2-3-5-12(10)15-13(11)7-9/h2-5,9,15H,6-7H2,1H3,(H,14,16).